The zero-order chi connectivity index (χ0) is 26.3. The molecule has 0 unspecified atom stereocenters. The molecule has 6 rings (SSSR count). The molecule has 184 valence electrons. The van der Waals surface area contributed by atoms with Gasteiger partial charge in [0.15, 0.2) is 11.6 Å². The minimum Gasteiger partial charge on any atom is -0.344 e. The Labute approximate surface area is 218 Å². The highest BCUT2D eigenvalue weighted by atomic mass is 16.2. The van der Waals surface area contributed by atoms with Gasteiger partial charge in [-0.15, -0.1) is 0 Å². The van der Waals surface area contributed by atoms with Crippen molar-refractivity contribution in [2.45, 2.75) is 45.4 Å². The Kier molecular flexibility index (Phi) is 4.91. The van der Waals surface area contributed by atoms with Gasteiger partial charge < -0.3 is 4.90 Å². The average Bonchev–Trinajstić information content (AvgIpc) is 3.09. The van der Waals surface area contributed by atoms with Crippen molar-refractivity contribution in [1.29, 1.82) is 0 Å². The minimum absolute atomic E-state index is 0.0548. The predicted molar refractivity (Wildman–Crippen MR) is 152 cm³/mol. The van der Waals surface area contributed by atoms with Gasteiger partial charge in [-0.3, -0.25) is 9.59 Å². The molecule has 0 spiro atoms. The van der Waals surface area contributed by atoms with Crippen LogP contribution in [0.1, 0.15) is 77.6 Å². The lowest BCUT2D eigenvalue weighted by molar-refractivity contribution is 0.0990. The molecule has 0 amide bonds. The van der Waals surface area contributed by atoms with Crippen molar-refractivity contribution in [3.05, 3.63) is 112 Å². The summed E-state index contributed by atoms with van der Waals surface area (Å²) in [6.07, 6.45) is 1.77. The Morgan fingerprint density at radius 3 is 1.84 bits per heavy atom. The summed E-state index contributed by atoms with van der Waals surface area (Å²) in [4.78, 5) is 28.9. The maximum Gasteiger partial charge on any atom is 0.197 e. The molecule has 0 N–H and O–H groups in total. The first-order chi connectivity index (χ1) is 17.5. The van der Waals surface area contributed by atoms with Crippen LogP contribution in [-0.2, 0) is 10.8 Å². The van der Waals surface area contributed by atoms with Crippen molar-refractivity contribution in [3.63, 3.8) is 0 Å². The summed E-state index contributed by atoms with van der Waals surface area (Å²) in [6, 6.07) is 24.6. The van der Waals surface area contributed by atoms with Gasteiger partial charge in [-0.1, -0.05) is 77.1 Å². The molecule has 0 saturated carbocycles. The van der Waals surface area contributed by atoms with Crippen LogP contribution in [0.15, 0.2) is 78.4 Å². The monoisotopic (exact) mass is 485 g/mol. The van der Waals surface area contributed by atoms with Gasteiger partial charge in [0.25, 0.3) is 0 Å². The van der Waals surface area contributed by atoms with Gasteiger partial charge in [0.2, 0.25) is 0 Å². The van der Waals surface area contributed by atoms with Gasteiger partial charge in [-0.25, -0.2) is 0 Å². The number of hydrogen-bond acceptors (Lipinski definition) is 3. The molecular weight excluding hydrogens is 454 g/mol. The van der Waals surface area contributed by atoms with Gasteiger partial charge in [-0.05, 0) is 74.8 Å². The quantitative estimate of drug-likeness (QED) is 0.202. The van der Waals surface area contributed by atoms with Gasteiger partial charge in [0, 0.05) is 35.0 Å². The molecule has 3 nitrogen and oxygen atoms in total. The summed E-state index contributed by atoms with van der Waals surface area (Å²) in [5.74, 6) is -0.389. The van der Waals surface area contributed by atoms with Crippen LogP contribution in [0.2, 0.25) is 0 Å². The van der Waals surface area contributed by atoms with Crippen molar-refractivity contribution < 1.29 is 9.59 Å². The number of benzene rings is 4. The first-order valence-electron chi connectivity index (χ1n) is 12.8. The van der Waals surface area contributed by atoms with E-state index in [0.29, 0.717) is 11.1 Å². The molecule has 3 heteroatoms. The Balaban J connectivity index is 1.44. The Bertz CT molecular complexity index is 1620. The van der Waals surface area contributed by atoms with E-state index >= 15 is 0 Å². The molecule has 1 aliphatic carbocycles. The molecule has 37 heavy (non-hydrogen) atoms. The first kappa shape index (κ1) is 23.4. The van der Waals surface area contributed by atoms with Crippen molar-refractivity contribution in [3.8, 4) is 0 Å². The second kappa shape index (κ2) is 7.76. The molecule has 0 aromatic heterocycles. The maximum absolute atomic E-state index is 13.3. The van der Waals surface area contributed by atoms with Gasteiger partial charge in [-0.2, -0.15) is 0 Å². The fourth-order valence-electron chi connectivity index (χ4n) is 5.81. The fourth-order valence-corrected chi connectivity index (χ4v) is 5.81. The van der Waals surface area contributed by atoms with E-state index in [9.17, 15) is 9.59 Å². The summed E-state index contributed by atoms with van der Waals surface area (Å²) in [6.45, 7) is 11.2. The lowest BCUT2D eigenvalue weighted by atomic mass is 9.71. The normalized spacial score (nSPS) is 16.1. The van der Waals surface area contributed by atoms with Crippen LogP contribution in [0.25, 0.3) is 16.8 Å². The van der Waals surface area contributed by atoms with Gasteiger partial charge >= 0.3 is 0 Å². The maximum atomic E-state index is 13.3. The number of carbonyl (C=O) groups excluding carboxylic acids is 2. The summed E-state index contributed by atoms with van der Waals surface area (Å²) in [5, 5.41) is 1.94. The highest BCUT2D eigenvalue weighted by Crippen LogP contribution is 2.49. The van der Waals surface area contributed by atoms with Crippen LogP contribution < -0.4 is 4.90 Å². The SMILES string of the molecule is CN1c2ccc(C=C3C(=O)c4cc5ccccc5cc4C3=O)cc2C(C)(C)c2cc(C(C)(C)C)ccc21. The molecule has 0 bridgehead atoms. The highest BCUT2D eigenvalue weighted by molar-refractivity contribution is 6.42. The first-order valence-corrected chi connectivity index (χ1v) is 12.8. The van der Waals surface area contributed by atoms with Crippen LogP contribution >= 0.6 is 0 Å². The average molecular weight is 486 g/mol. The lowest BCUT2D eigenvalue weighted by Gasteiger charge is -2.41. The lowest BCUT2D eigenvalue weighted by Crippen LogP contribution is -2.31. The van der Waals surface area contributed by atoms with E-state index in [1.165, 1.54) is 22.4 Å². The van der Waals surface area contributed by atoms with E-state index in [-0.39, 0.29) is 28.0 Å². The van der Waals surface area contributed by atoms with E-state index in [2.05, 4.69) is 76.9 Å². The second-order valence-corrected chi connectivity index (χ2v) is 11.9. The van der Waals surface area contributed by atoms with Crippen LogP contribution in [0.3, 0.4) is 0 Å². The van der Waals surface area contributed by atoms with E-state index in [0.717, 1.165) is 22.0 Å². The number of carbonyl (C=O) groups is 2. The van der Waals surface area contributed by atoms with Crippen LogP contribution in [0.5, 0.6) is 0 Å². The fraction of sp³-hybridized carbons (Fsp3) is 0.235. The predicted octanol–water partition coefficient (Wildman–Crippen LogP) is 8.01. The van der Waals surface area contributed by atoms with Crippen molar-refractivity contribution in [2.75, 3.05) is 11.9 Å². The third-order valence-electron chi connectivity index (χ3n) is 8.13. The number of anilines is 2. The van der Waals surface area contributed by atoms with Crippen LogP contribution in [0, 0.1) is 0 Å². The van der Waals surface area contributed by atoms with Gasteiger partial charge in [0.1, 0.15) is 0 Å². The standard InChI is InChI=1S/C34H31NO2/c1-33(2,3)23-12-14-30-28(19-23)34(4,5)27-16-20(11-13-29(27)35(30)6)15-26-31(36)24-17-21-9-7-8-10-22(21)18-25(24)32(26)37/h7-19H,1-6H3. The summed E-state index contributed by atoms with van der Waals surface area (Å²) in [7, 11) is 2.10. The summed E-state index contributed by atoms with van der Waals surface area (Å²) >= 11 is 0. The van der Waals surface area contributed by atoms with E-state index in [1.807, 2.05) is 42.5 Å². The summed E-state index contributed by atoms with van der Waals surface area (Å²) in [5.41, 5.74) is 8.04. The van der Waals surface area contributed by atoms with E-state index in [1.54, 1.807) is 6.08 Å². The molecule has 0 fully saturated rings. The van der Waals surface area contributed by atoms with Crippen molar-refractivity contribution in [2.24, 2.45) is 0 Å². The molecule has 0 atom stereocenters. The number of rotatable bonds is 1. The molecule has 2 aliphatic rings. The van der Waals surface area contributed by atoms with E-state index < -0.39 is 0 Å². The molecule has 1 heterocycles. The largest absolute Gasteiger partial charge is 0.344 e. The number of allylic oxidation sites excluding steroid dienone is 1. The smallest absolute Gasteiger partial charge is 0.197 e. The Morgan fingerprint density at radius 1 is 0.730 bits per heavy atom. The number of Topliss-reactive ketones (excluding diaryl/α,β-unsaturated/α-hetero) is 2. The van der Waals surface area contributed by atoms with Crippen molar-refractivity contribution >= 4 is 39.8 Å². The summed E-state index contributed by atoms with van der Waals surface area (Å²) < 4.78 is 0. The second-order valence-electron chi connectivity index (χ2n) is 11.9. The molecule has 4 aromatic carbocycles. The molecule has 0 saturated heterocycles. The number of nitrogens with zero attached hydrogens (tertiary/aromatic N) is 1. The Morgan fingerprint density at radius 2 is 1.27 bits per heavy atom. The number of hydrogen-bond donors (Lipinski definition) is 0. The van der Waals surface area contributed by atoms with Gasteiger partial charge in [0.05, 0.1) is 5.57 Å². The molecule has 0 radical (unpaired) electrons. The highest BCUT2D eigenvalue weighted by Gasteiger charge is 2.37. The van der Waals surface area contributed by atoms with Crippen LogP contribution in [0.4, 0.5) is 11.4 Å². The van der Waals surface area contributed by atoms with Crippen molar-refractivity contribution in [1.82, 2.24) is 0 Å². The number of ketones is 2. The molecule has 4 aromatic rings. The minimum atomic E-state index is -0.239. The molecule has 1 aliphatic heterocycles. The Hall–Kier alpha value is -3.98. The topological polar surface area (TPSA) is 37.4 Å². The third kappa shape index (κ3) is 3.48. The van der Waals surface area contributed by atoms with E-state index in [4.69, 9.17) is 0 Å². The third-order valence-corrected chi connectivity index (χ3v) is 8.13. The van der Waals surface area contributed by atoms with Crippen LogP contribution in [-0.4, -0.2) is 18.6 Å². The molecular formula is C34H31NO2. The zero-order valence-corrected chi connectivity index (χ0v) is 22.3. The zero-order valence-electron chi connectivity index (χ0n) is 22.3. The number of fused-ring (bicyclic) bond motifs is 4.